The molecule has 0 aromatic carbocycles. The molecule has 0 unspecified atom stereocenters. The van der Waals surface area contributed by atoms with E-state index in [-0.39, 0.29) is 13.1 Å². The van der Waals surface area contributed by atoms with Gasteiger partial charge < -0.3 is 20.1 Å². The molecule has 1 fully saturated rings. The Morgan fingerprint density at radius 1 is 1.26 bits per heavy atom. The monoisotopic (exact) mass is 329 g/mol. The summed E-state index contributed by atoms with van der Waals surface area (Å²) in [6, 6.07) is 3.70. The zero-order valence-corrected chi connectivity index (χ0v) is 12.6. The lowest BCUT2D eigenvalue weighted by Gasteiger charge is -2.20. The van der Waals surface area contributed by atoms with Crippen molar-refractivity contribution in [1.29, 1.82) is 5.26 Å². The van der Waals surface area contributed by atoms with Gasteiger partial charge in [0.25, 0.3) is 0 Å². The maximum atomic E-state index is 9.83. The van der Waals surface area contributed by atoms with E-state index in [1.54, 1.807) is 12.3 Å². The number of nitrogens with one attached hydrogen (secondary N) is 1. The van der Waals surface area contributed by atoms with Crippen molar-refractivity contribution < 1.29 is 10.2 Å². The predicted octanol–water partition coefficient (Wildman–Crippen LogP) is 1.18. The number of hydrogen-bond acceptors (Lipinski definition) is 6. The molecule has 1 aliphatic heterocycles. The first-order chi connectivity index (χ1) is 11.1. The topological polar surface area (TPSA) is 109 Å². The van der Waals surface area contributed by atoms with Gasteiger partial charge in [0.15, 0.2) is 0 Å². The Labute approximate surface area is 135 Å². The molecular formula is C15H12ClN5O2. The molecule has 7 nitrogen and oxygen atoms in total. The van der Waals surface area contributed by atoms with E-state index in [0.717, 1.165) is 16.3 Å². The first-order valence-corrected chi connectivity index (χ1v) is 7.43. The van der Waals surface area contributed by atoms with Crippen molar-refractivity contribution in [2.45, 2.75) is 12.2 Å². The SMILES string of the molecule is N#Cc1cc2c(cn1)[nH]c1ncc(Cl)c(N3C[C@H](O)[C@@H](O)C3)c12. The van der Waals surface area contributed by atoms with Gasteiger partial charge in [-0.15, -0.1) is 0 Å². The van der Waals surface area contributed by atoms with Crippen molar-refractivity contribution in [3.8, 4) is 6.07 Å². The van der Waals surface area contributed by atoms with Crippen LogP contribution in [0, 0.1) is 11.3 Å². The second-order valence-corrected chi connectivity index (χ2v) is 5.98. The molecule has 23 heavy (non-hydrogen) atoms. The number of nitrogens with zero attached hydrogens (tertiary/aromatic N) is 4. The number of rotatable bonds is 1. The third kappa shape index (κ3) is 2.11. The molecule has 4 rings (SSSR count). The van der Waals surface area contributed by atoms with Crippen LogP contribution in [0.3, 0.4) is 0 Å². The van der Waals surface area contributed by atoms with E-state index in [1.165, 1.54) is 6.20 Å². The Bertz CT molecular complexity index is 954. The number of anilines is 1. The molecule has 3 aromatic heterocycles. The van der Waals surface area contributed by atoms with E-state index in [0.29, 0.717) is 22.1 Å². The van der Waals surface area contributed by atoms with Crippen LogP contribution >= 0.6 is 11.6 Å². The van der Waals surface area contributed by atoms with Gasteiger partial charge in [-0.2, -0.15) is 5.26 Å². The third-order valence-electron chi connectivity index (χ3n) is 4.12. The Morgan fingerprint density at radius 3 is 2.70 bits per heavy atom. The number of β-amino-alcohol motifs (C(OH)–C–C–N with tert-alkyl or cyclic N) is 2. The van der Waals surface area contributed by atoms with E-state index < -0.39 is 12.2 Å². The molecule has 3 N–H and O–H groups in total. The number of aliphatic hydroxyl groups excluding tert-OH is 2. The number of aromatic nitrogens is 3. The molecule has 2 atom stereocenters. The minimum atomic E-state index is -0.823. The second kappa shape index (κ2) is 5.06. The first-order valence-electron chi connectivity index (χ1n) is 7.05. The Hall–Kier alpha value is -2.40. The highest BCUT2D eigenvalue weighted by atomic mass is 35.5. The van der Waals surface area contributed by atoms with Gasteiger partial charge in [0.05, 0.1) is 46.2 Å². The number of halogens is 1. The molecule has 0 spiro atoms. The zero-order chi connectivity index (χ0) is 16.1. The quantitative estimate of drug-likeness (QED) is 0.618. The average molecular weight is 330 g/mol. The molecule has 8 heteroatoms. The summed E-state index contributed by atoms with van der Waals surface area (Å²) in [5.74, 6) is 0. The summed E-state index contributed by atoms with van der Waals surface area (Å²) in [6.07, 6.45) is 1.47. The number of hydrogen-bond donors (Lipinski definition) is 3. The fourth-order valence-electron chi connectivity index (χ4n) is 3.04. The van der Waals surface area contributed by atoms with Gasteiger partial charge in [0.2, 0.25) is 0 Å². The standard InChI is InChI=1S/C15H12ClN5O2/c16-9-3-19-15-13(14(9)21-5-11(22)12(23)6-21)8-1-7(2-17)18-4-10(8)20-15/h1,3-4,11-12,22-23H,5-6H2,(H,19,20)/t11-,12-/m0/s1. The number of aromatic amines is 1. The maximum Gasteiger partial charge on any atom is 0.141 e. The van der Waals surface area contributed by atoms with E-state index in [9.17, 15) is 10.2 Å². The Balaban J connectivity index is 2.02. The van der Waals surface area contributed by atoms with Crippen molar-refractivity contribution in [3.63, 3.8) is 0 Å². The van der Waals surface area contributed by atoms with E-state index in [2.05, 4.69) is 15.0 Å². The van der Waals surface area contributed by atoms with Gasteiger partial charge in [0, 0.05) is 18.5 Å². The van der Waals surface area contributed by atoms with Crippen molar-refractivity contribution in [2.24, 2.45) is 0 Å². The molecule has 0 amide bonds. The number of aliphatic hydroxyl groups is 2. The summed E-state index contributed by atoms with van der Waals surface area (Å²) in [6.45, 7) is 0.561. The van der Waals surface area contributed by atoms with E-state index in [1.807, 2.05) is 11.0 Å². The van der Waals surface area contributed by atoms with Gasteiger partial charge >= 0.3 is 0 Å². The maximum absolute atomic E-state index is 9.83. The lowest BCUT2D eigenvalue weighted by Crippen LogP contribution is -2.22. The molecule has 0 radical (unpaired) electrons. The van der Waals surface area contributed by atoms with Gasteiger partial charge in [-0.3, -0.25) is 0 Å². The highest BCUT2D eigenvalue weighted by Gasteiger charge is 2.32. The van der Waals surface area contributed by atoms with Crippen LogP contribution in [0.1, 0.15) is 5.69 Å². The minimum Gasteiger partial charge on any atom is -0.389 e. The summed E-state index contributed by atoms with van der Waals surface area (Å²) >= 11 is 6.35. The van der Waals surface area contributed by atoms with Crippen LogP contribution in [-0.4, -0.2) is 50.5 Å². The molecule has 1 saturated heterocycles. The zero-order valence-electron chi connectivity index (χ0n) is 11.9. The van der Waals surface area contributed by atoms with Crippen LogP contribution in [0.25, 0.3) is 21.9 Å². The molecule has 116 valence electrons. The van der Waals surface area contributed by atoms with Crippen LogP contribution in [0.4, 0.5) is 5.69 Å². The Kier molecular flexibility index (Phi) is 3.13. The van der Waals surface area contributed by atoms with Crippen LogP contribution < -0.4 is 4.90 Å². The van der Waals surface area contributed by atoms with Crippen molar-refractivity contribution >= 4 is 39.2 Å². The molecule has 0 bridgehead atoms. The number of H-pyrrole nitrogens is 1. The predicted molar refractivity (Wildman–Crippen MR) is 85.3 cm³/mol. The van der Waals surface area contributed by atoms with Crippen molar-refractivity contribution in [1.82, 2.24) is 15.0 Å². The summed E-state index contributed by atoms with van der Waals surface area (Å²) < 4.78 is 0. The fraction of sp³-hybridized carbons (Fsp3) is 0.267. The average Bonchev–Trinajstić information content (AvgIpc) is 3.07. The normalized spacial score (nSPS) is 21.2. The van der Waals surface area contributed by atoms with Gasteiger partial charge in [-0.25, -0.2) is 9.97 Å². The van der Waals surface area contributed by atoms with Crippen LogP contribution in [-0.2, 0) is 0 Å². The van der Waals surface area contributed by atoms with Crippen molar-refractivity contribution in [2.75, 3.05) is 18.0 Å². The summed E-state index contributed by atoms with van der Waals surface area (Å²) in [5.41, 5.74) is 2.35. The lowest BCUT2D eigenvalue weighted by molar-refractivity contribution is 0.0572. The second-order valence-electron chi connectivity index (χ2n) is 5.57. The highest BCUT2D eigenvalue weighted by molar-refractivity contribution is 6.35. The van der Waals surface area contributed by atoms with Crippen LogP contribution in [0.15, 0.2) is 18.5 Å². The molecule has 3 aromatic rings. The lowest BCUT2D eigenvalue weighted by atomic mass is 10.1. The van der Waals surface area contributed by atoms with Gasteiger partial charge in [-0.05, 0) is 6.07 Å². The molecule has 1 aliphatic rings. The largest absolute Gasteiger partial charge is 0.389 e. The summed E-state index contributed by atoms with van der Waals surface area (Å²) in [5, 5.41) is 30.7. The number of pyridine rings is 2. The van der Waals surface area contributed by atoms with E-state index in [4.69, 9.17) is 16.9 Å². The molecule has 4 heterocycles. The highest BCUT2D eigenvalue weighted by Crippen LogP contribution is 2.39. The van der Waals surface area contributed by atoms with Gasteiger partial charge in [0.1, 0.15) is 17.4 Å². The third-order valence-corrected chi connectivity index (χ3v) is 4.40. The van der Waals surface area contributed by atoms with Crippen molar-refractivity contribution in [3.05, 3.63) is 29.2 Å². The number of nitriles is 1. The van der Waals surface area contributed by atoms with Crippen LogP contribution in [0.5, 0.6) is 0 Å². The Morgan fingerprint density at radius 2 is 2.00 bits per heavy atom. The minimum absolute atomic E-state index is 0.281. The molecule has 0 saturated carbocycles. The summed E-state index contributed by atoms with van der Waals surface area (Å²) in [7, 11) is 0. The van der Waals surface area contributed by atoms with Gasteiger partial charge in [-0.1, -0.05) is 11.6 Å². The first kappa shape index (κ1) is 14.2. The van der Waals surface area contributed by atoms with E-state index >= 15 is 0 Å². The van der Waals surface area contributed by atoms with Crippen LogP contribution in [0.2, 0.25) is 5.02 Å². The summed E-state index contributed by atoms with van der Waals surface area (Å²) in [4.78, 5) is 13.3. The smallest absolute Gasteiger partial charge is 0.141 e. The molecule has 0 aliphatic carbocycles. The molecular weight excluding hydrogens is 318 g/mol. The fourth-order valence-corrected chi connectivity index (χ4v) is 3.30. The number of fused-ring (bicyclic) bond motifs is 3.